The molecular formula is C10H22N2O. The van der Waals surface area contributed by atoms with Crippen LogP contribution in [0.25, 0.3) is 0 Å². The van der Waals surface area contributed by atoms with Crippen LogP contribution in [0.15, 0.2) is 0 Å². The molecule has 13 heavy (non-hydrogen) atoms. The van der Waals surface area contributed by atoms with E-state index >= 15 is 0 Å². The molecule has 2 aliphatic rings. The molecule has 2 unspecified atom stereocenters. The summed E-state index contributed by atoms with van der Waals surface area (Å²) < 4.78 is 5.43. The van der Waals surface area contributed by atoms with Gasteiger partial charge in [-0.1, -0.05) is 13.8 Å². The van der Waals surface area contributed by atoms with E-state index in [-0.39, 0.29) is 0 Å². The Kier molecular flexibility index (Phi) is 4.70. The van der Waals surface area contributed by atoms with Crippen molar-refractivity contribution in [1.29, 1.82) is 0 Å². The van der Waals surface area contributed by atoms with Gasteiger partial charge >= 0.3 is 0 Å². The van der Waals surface area contributed by atoms with E-state index in [1.807, 2.05) is 13.8 Å². The van der Waals surface area contributed by atoms with Crippen molar-refractivity contribution in [3.8, 4) is 0 Å². The van der Waals surface area contributed by atoms with Gasteiger partial charge in [0.15, 0.2) is 0 Å². The Hall–Kier alpha value is -0.120. The highest BCUT2D eigenvalue weighted by Crippen LogP contribution is 2.16. The zero-order valence-corrected chi connectivity index (χ0v) is 9.05. The van der Waals surface area contributed by atoms with Crippen LogP contribution < -0.4 is 5.32 Å². The van der Waals surface area contributed by atoms with Crippen molar-refractivity contribution in [2.75, 3.05) is 33.3 Å². The fourth-order valence-corrected chi connectivity index (χ4v) is 1.75. The van der Waals surface area contributed by atoms with Gasteiger partial charge in [-0.3, -0.25) is 0 Å². The SMILES string of the molecule is CC.CN1CCNC(C2CCO2)C1. The van der Waals surface area contributed by atoms with Crippen LogP contribution in [0.5, 0.6) is 0 Å². The largest absolute Gasteiger partial charge is 0.376 e. The summed E-state index contributed by atoms with van der Waals surface area (Å²) in [6.45, 7) is 8.39. The van der Waals surface area contributed by atoms with E-state index < -0.39 is 0 Å². The lowest BCUT2D eigenvalue weighted by Gasteiger charge is -2.39. The summed E-state index contributed by atoms with van der Waals surface area (Å²) in [6.07, 6.45) is 1.74. The second-order valence-electron chi connectivity index (χ2n) is 3.52. The summed E-state index contributed by atoms with van der Waals surface area (Å²) in [5.74, 6) is 0. The molecule has 0 radical (unpaired) electrons. The molecule has 2 aliphatic heterocycles. The first kappa shape index (κ1) is 11.0. The molecule has 2 fully saturated rings. The predicted octanol–water partition coefficient (Wildman–Crippen LogP) is 0.705. The summed E-state index contributed by atoms with van der Waals surface area (Å²) in [6, 6.07) is 0.586. The van der Waals surface area contributed by atoms with Gasteiger partial charge < -0.3 is 15.0 Å². The second-order valence-corrected chi connectivity index (χ2v) is 3.52. The van der Waals surface area contributed by atoms with Crippen molar-refractivity contribution < 1.29 is 4.74 Å². The maximum absolute atomic E-state index is 5.43. The van der Waals surface area contributed by atoms with Crippen molar-refractivity contribution in [2.24, 2.45) is 0 Å². The summed E-state index contributed by atoms with van der Waals surface area (Å²) in [5, 5.41) is 3.48. The number of nitrogens with zero attached hydrogens (tertiary/aromatic N) is 1. The second kappa shape index (κ2) is 5.58. The van der Waals surface area contributed by atoms with Gasteiger partial charge in [0, 0.05) is 32.3 Å². The lowest BCUT2D eigenvalue weighted by Crippen LogP contribution is -2.57. The van der Waals surface area contributed by atoms with E-state index in [0.717, 1.165) is 19.7 Å². The van der Waals surface area contributed by atoms with Gasteiger partial charge in [0.1, 0.15) is 0 Å². The summed E-state index contributed by atoms with van der Waals surface area (Å²) in [4.78, 5) is 2.36. The molecule has 0 aliphatic carbocycles. The fraction of sp³-hybridized carbons (Fsp3) is 1.00. The average Bonchev–Trinajstić information content (AvgIpc) is 2.05. The first-order valence-corrected chi connectivity index (χ1v) is 5.40. The van der Waals surface area contributed by atoms with E-state index in [4.69, 9.17) is 4.74 Å². The standard InChI is InChI=1S/C8H16N2O.C2H6/c1-10-4-3-9-7(6-10)8-2-5-11-8;1-2/h7-9H,2-6H2,1H3;1-2H3. The maximum atomic E-state index is 5.43. The van der Waals surface area contributed by atoms with Gasteiger partial charge in [0.2, 0.25) is 0 Å². The van der Waals surface area contributed by atoms with Crippen LogP contribution in [0, 0.1) is 0 Å². The minimum absolute atomic E-state index is 0.498. The van der Waals surface area contributed by atoms with Crippen LogP contribution >= 0.6 is 0 Å². The van der Waals surface area contributed by atoms with Gasteiger partial charge in [0.25, 0.3) is 0 Å². The van der Waals surface area contributed by atoms with Crippen molar-refractivity contribution >= 4 is 0 Å². The highest BCUT2D eigenvalue weighted by molar-refractivity contribution is 4.87. The van der Waals surface area contributed by atoms with Crippen molar-refractivity contribution in [3.05, 3.63) is 0 Å². The van der Waals surface area contributed by atoms with Crippen LogP contribution in [0.1, 0.15) is 20.3 Å². The topological polar surface area (TPSA) is 24.5 Å². The van der Waals surface area contributed by atoms with E-state index in [2.05, 4.69) is 17.3 Å². The highest BCUT2D eigenvalue weighted by atomic mass is 16.5. The molecule has 3 nitrogen and oxygen atoms in total. The van der Waals surface area contributed by atoms with Gasteiger partial charge in [-0.05, 0) is 13.5 Å². The average molecular weight is 186 g/mol. The number of hydrogen-bond acceptors (Lipinski definition) is 3. The van der Waals surface area contributed by atoms with E-state index in [1.54, 1.807) is 0 Å². The van der Waals surface area contributed by atoms with Crippen LogP contribution in [0.4, 0.5) is 0 Å². The van der Waals surface area contributed by atoms with Gasteiger partial charge in [-0.15, -0.1) is 0 Å². The van der Waals surface area contributed by atoms with Crippen LogP contribution in [-0.4, -0.2) is 50.3 Å². The molecule has 2 heterocycles. The summed E-state index contributed by atoms with van der Waals surface area (Å²) in [5.41, 5.74) is 0. The number of hydrogen-bond donors (Lipinski definition) is 1. The minimum atomic E-state index is 0.498. The van der Waals surface area contributed by atoms with Crippen LogP contribution in [-0.2, 0) is 4.74 Å². The summed E-state index contributed by atoms with van der Waals surface area (Å²) >= 11 is 0. The number of nitrogens with one attached hydrogen (secondary N) is 1. The maximum Gasteiger partial charge on any atom is 0.0762 e. The molecule has 0 aromatic heterocycles. The Morgan fingerprint density at radius 2 is 2.08 bits per heavy atom. The third-order valence-corrected chi connectivity index (χ3v) is 2.59. The van der Waals surface area contributed by atoms with E-state index in [1.165, 1.54) is 13.0 Å². The first-order valence-electron chi connectivity index (χ1n) is 5.40. The number of rotatable bonds is 1. The van der Waals surface area contributed by atoms with Gasteiger partial charge in [0.05, 0.1) is 6.10 Å². The lowest BCUT2D eigenvalue weighted by atomic mass is 10.0. The third kappa shape index (κ3) is 2.93. The zero-order chi connectivity index (χ0) is 9.68. The first-order chi connectivity index (χ1) is 6.36. The molecule has 0 saturated carbocycles. The molecule has 0 amide bonds. The smallest absolute Gasteiger partial charge is 0.0762 e. The molecule has 0 aromatic carbocycles. The van der Waals surface area contributed by atoms with Crippen molar-refractivity contribution in [3.63, 3.8) is 0 Å². The Labute approximate surface area is 81.4 Å². The Bertz CT molecular complexity index is 137. The molecule has 78 valence electrons. The predicted molar refractivity (Wildman–Crippen MR) is 55.0 cm³/mol. The molecule has 0 spiro atoms. The Balaban J connectivity index is 0.000000396. The van der Waals surface area contributed by atoms with Crippen molar-refractivity contribution in [1.82, 2.24) is 10.2 Å². The molecule has 2 rings (SSSR count). The molecule has 3 heteroatoms. The minimum Gasteiger partial charge on any atom is -0.376 e. The molecule has 0 bridgehead atoms. The van der Waals surface area contributed by atoms with E-state index in [9.17, 15) is 0 Å². The fourth-order valence-electron chi connectivity index (χ4n) is 1.75. The van der Waals surface area contributed by atoms with E-state index in [0.29, 0.717) is 12.1 Å². The quantitative estimate of drug-likeness (QED) is 0.652. The molecule has 2 atom stereocenters. The Morgan fingerprint density at radius 3 is 2.54 bits per heavy atom. The number of likely N-dealkylation sites (N-methyl/N-ethyl adjacent to an activating group) is 1. The Morgan fingerprint density at radius 1 is 1.38 bits per heavy atom. The zero-order valence-electron chi connectivity index (χ0n) is 9.05. The van der Waals surface area contributed by atoms with Gasteiger partial charge in [-0.25, -0.2) is 0 Å². The van der Waals surface area contributed by atoms with Gasteiger partial charge in [-0.2, -0.15) is 0 Å². The monoisotopic (exact) mass is 186 g/mol. The highest BCUT2D eigenvalue weighted by Gasteiger charge is 2.30. The van der Waals surface area contributed by atoms with Crippen molar-refractivity contribution in [2.45, 2.75) is 32.4 Å². The molecule has 0 aromatic rings. The molecular weight excluding hydrogens is 164 g/mol. The summed E-state index contributed by atoms with van der Waals surface area (Å²) in [7, 11) is 2.17. The third-order valence-electron chi connectivity index (χ3n) is 2.59. The number of ether oxygens (including phenoxy) is 1. The van der Waals surface area contributed by atoms with Crippen LogP contribution in [0.2, 0.25) is 0 Å². The number of piperazine rings is 1. The van der Waals surface area contributed by atoms with Crippen LogP contribution in [0.3, 0.4) is 0 Å². The normalized spacial score (nSPS) is 34.4. The molecule has 2 saturated heterocycles. The molecule has 1 N–H and O–H groups in total. The lowest BCUT2D eigenvalue weighted by molar-refractivity contribution is -0.0798.